The van der Waals surface area contributed by atoms with Gasteiger partial charge < -0.3 is 16.0 Å². The van der Waals surface area contributed by atoms with Crippen molar-refractivity contribution in [3.05, 3.63) is 60.2 Å². The van der Waals surface area contributed by atoms with Gasteiger partial charge in [-0.05, 0) is 54.7 Å². The van der Waals surface area contributed by atoms with Gasteiger partial charge in [-0.2, -0.15) is 0 Å². The minimum atomic E-state index is -0.0872. The van der Waals surface area contributed by atoms with Gasteiger partial charge in [-0.3, -0.25) is 9.59 Å². The van der Waals surface area contributed by atoms with Crippen LogP contribution in [0.25, 0.3) is 0 Å². The molecule has 2 aromatic rings. The molecule has 0 aromatic heterocycles. The van der Waals surface area contributed by atoms with Crippen LogP contribution in [0.15, 0.2) is 54.6 Å². The highest BCUT2D eigenvalue weighted by Gasteiger charge is 2.18. The maximum absolute atomic E-state index is 12.2. The normalized spacial score (nSPS) is 13.7. The number of carbonyl (C=O) groups is 2. The van der Waals surface area contributed by atoms with E-state index < -0.39 is 0 Å². The molecular weight excluding hydrogens is 370 g/mol. The molecule has 2 amide bonds. The van der Waals surface area contributed by atoms with Crippen molar-refractivity contribution in [3.63, 3.8) is 0 Å². The van der Waals surface area contributed by atoms with E-state index in [0.717, 1.165) is 18.4 Å². The molecule has 1 aliphatic carbocycles. The highest BCUT2D eigenvalue weighted by molar-refractivity contribution is 7.80. The molecule has 0 atom stereocenters. The molecule has 0 heterocycles. The third-order valence-corrected chi connectivity index (χ3v) is 5.02. The highest BCUT2D eigenvalue weighted by Crippen LogP contribution is 2.27. The van der Waals surface area contributed by atoms with Gasteiger partial charge in [-0.1, -0.05) is 49.2 Å². The summed E-state index contributed by atoms with van der Waals surface area (Å²) >= 11 is 5.24. The standard InChI is InChI=1S/C22H25N3O2S/c26-20(13-16-7-2-1-3-8-16)23-18-11-6-12-19(15-18)24-22(28)25-21(27)14-17-9-4-5-10-17/h1-3,6-8,11-12,15,17H,4-5,9-10,13-14H2,(H,23,26)(H2,24,25,27,28). The zero-order valence-corrected chi connectivity index (χ0v) is 16.6. The molecule has 0 bridgehead atoms. The lowest BCUT2D eigenvalue weighted by Crippen LogP contribution is -2.34. The van der Waals surface area contributed by atoms with Crippen LogP contribution in [0, 0.1) is 5.92 Å². The van der Waals surface area contributed by atoms with E-state index in [2.05, 4.69) is 16.0 Å². The fourth-order valence-electron chi connectivity index (χ4n) is 3.48. The molecule has 1 aliphatic rings. The van der Waals surface area contributed by atoms with Gasteiger partial charge in [0.1, 0.15) is 0 Å². The Morgan fingerprint density at radius 3 is 2.29 bits per heavy atom. The van der Waals surface area contributed by atoms with Crippen LogP contribution in [0.4, 0.5) is 11.4 Å². The van der Waals surface area contributed by atoms with Crippen LogP contribution >= 0.6 is 12.2 Å². The Morgan fingerprint density at radius 1 is 0.893 bits per heavy atom. The van der Waals surface area contributed by atoms with Crippen LogP contribution in [-0.4, -0.2) is 16.9 Å². The Balaban J connectivity index is 1.49. The Labute approximate surface area is 170 Å². The second-order valence-corrected chi connectivity index (χ2v) is 7.56. The summed E-state index contributed by atoms with van der Waals surface area (Å²) in [7, 11) is 0. The third kappa shape index (κ3) is 6.46. The van der Waals surface area contributed by atoms with E-state index in [9.17, 15) is 9.59 Å². The first-order valence-electron chi connectivity index (χ1n) is 9.63. The van der Waals surface area contributed by atoms with Crippen molar-refractivity contribution in [1.29, 1.82) is 0 Å². The zero-order chi connectivity index (χ0) is 19.8. The molecule has 0 radical (unpaired) electrons. The summed E-state index contributed by atoms with van der Waals surface area (Å²) in [6, 6.07) is 16.9. The molecule has 3 N–H and O–H groups in total. The molecule has 6 heteroatoms. The fourth-order valence-corrected chi connectivity index (χ4v) is 3.71. The molecule has 146 valence electrons. The first-order valence-corrected chi connectivity index (χ1v) is 10.0. The highest BCUT2D eigenvalue weighted by atomic mass is 32.1. The smallest absolute Gasteiger partial charge is 0.228 e. The van der Waals surface area contributed by atoms with Crippen molar-refractivity contribution in [2.75, 3.05) is 10.6 Å². The van der Waals surface area contributed by atoms with E-state index in [1.54, 1.807) is 6.07 Å². The Hall–Kier alpha value is -2.73. The number of nitrogens with one attached hydrogen (secondary N) is 3. The maximum Gasteiger partial charge on any atom is 0.228 e. The predicted octanol–water partition coefficient (Wildman–Crippen LogP) is 4.26. The summed E-state index contributed by atoms with van der Waals surface area (Å²) in [6.07, 6.45) is 5.51. The fraction of sp³-hybridized carbons (Fsp3) is 0.318. The molecule has 0 aliphatic heterocycles. The number of benzene rings is 2. The van der Waals surface area contributed by atoms with E-state index in [4.69, 9.17) is 12.2 Å². The molecule has 0 saturated heterocycles. The molecule has 5 nitrogen and oxygen atoms in total. The van der Waals surface area contributed by atoms with E-state index >= 15 is 0 Å². The van der Waals surface area contributed by atoms with Crippen molar-refractivity contribution >= 4 is 40.5 Å². The van der Waals surface area contributed by atoms with Crippen LogP contribution in [0.1, 0.15) is 37.7 Å². The molecule has 1 fully saturated rings. The van der Waals surface area contributed by atoms with E-state index in [-0.39, 0.29) is 16.9 Å². The second kappa shape index (κ2) is 9.99. The van der Waals surface area contributed by atoms with Gasteiger partial charge >= 0.3 is 0 Å². The number of rotatable bonds is 6. The molecule has 1 saturated carbocycles. The summed E-state index contributed by atoms with van der Waals surface area (Å²) in [5.74, 6) is 0.346. The number of hydrogen-bond donors (Lipinski definition) is 3. The van der Waals surface area contributed by atoms with E-state index in [0.29, 0.717) is 30.1 Å². The predicted molar refractivity (Wildman–Crippen MR) is 116 cm³/mol. The van der Waals surface area contributed by atoms with Gasteiger partial charge in [0.15, 0.2) is 5.11 Å². The molecule has 0 spiro atoms. The van der Waals surface area contributed by atoms with Crippen LogP contribution in [0.3, 0.4) is 0 Å². The summed E-state index contributed by atoms with van der Waals surface area (Å²) < 4.78 is 0. The van der Waals surface area contributed by atoms with Crippen molar-refractivity contribution in [2.45, 2.75) is 38.5 Å². The number of amides is 2. The van der Waals surface area contributed by atoms with E-state index in [1.807, 2.05) is 48.5 Å². The van der Waals surface area contributed by atoms with Gasteiger partial charge in [0.25, 0.3) is 0 Å². The van der Waals surface area contributed by atoms with Crippen molar-refractivity contribution in [2.24, 2.45) is 5.92 Å². The van der Waals surface area contributed by atoms with Gasteiger partial charge in [-0.25, -0.2) is 0 Å². The van der Waals surface area contributed by atoms with Gasteiger partial charge in [0.2, 0.25) is 11.8 Å². The lowest BCUT2D eigenvalue weighted by molar-refractivity contribution is -0.120. The number of thiocarbonyl (C=S) groups is 1. The largest absolute Gasteiger partial charge is 0.332 e. The summed E-state index contributed by atoms with van der Waals surface area (Å²) in [4.78, 5) is 24.3. The van der Waals surface area contributed by atoms with E-state index in [1.165, 1.54) is 12.8 Å². The van der Waals surface area contributed by atoms with Gasteiger partial charge in [-0.15, -0.1) is 0 Å². The third-order valence-electron chi connectivity index (χ3n) is 4.81. The second-order valence-electron chi connectivity index (χ2n) is 7.15. The lowest BCUT2D eigenvalue weighted by atomic mass is 10.0. The van der Waals surface area contributed by atoms with Crippen LogP contribution in [0.2, 0.25) is 0 Å². The average molecular weight is 396 g/mol. The first-order chi connectivity index (χ1) is 13.6. The summed E-state index contributed by atoms with van der Waals surface area (Å²) in [6.45, 7) is 0. The topological polar surface area (TPSA) is 70.2 Å². The number of hydrogen-bond acceptors (Lipinski definition) is 3. The SMILES string of the molecule is O=C(CC1CCCC1)NC(=S)Nc1cccc(NC(=O)Cc2ccccc2)c1. The van der Waals surface area contributed by atoms with Crippen LogP contribution in [-0.2, 0) is 16.0 Å². The lowest BCUT2D eigenvalue weighted by Gasteiger charge is -2.13. The van der Waals surface area contributed by atoms with Crippen molar-refractivity contribution in [1.82, 2.24) is 5.32 Å². The molecule has 3 rings (SSSR count). The molecule has 0 unspecified atom stereocenters. The van der Waals surface area contributed by atoms with Crippen molar-refractivity contribution in [3.8, 4) is 0 Å². The Bertz CT molecular complexity index is 833. The van der Waals surface area contributed by atoms with Gasteiger partial charge in [0.05, 0.1) is 6.42 Å². The maximum atomic E-state index is 12.2. The Morgan fingerprint density at radius 2 is 1.57 bits per heavy atom. The number of carbonyl (C=O) groups excluding carboxylic acids is 2. The molecule has 28 heavy (non-hydrogen) atoms. The Kier molecular flexibility index (Phi) is 7.14. The minimum Gasteiger partial charge on any atom is -0.332 e. The molecule has 2 aromatic carbocycles. The zero-order valence-electron chi connectivity index (χ0n) is 15.7. The van der Waals surface area contributed by atoms with Crippen LogP contribution < -0.4 is 16.0 Å². The van der Waals surface area contributed by atoms with Crippen molar-refractivity contribution < 1.29 is 9.59 Å². The summed E-state index contributed by atoms with van der Waals surface area (Å²) in [5.41, 5.74) is 2.34. The first kappa shape index (κ1) is 20.0. The average Bonchev–Trinajstić information content (AvgIpc) is 3.15. The summed E-state index contributed by atoms with van der Waals surface area (Å²) in [5, 5.41) is 8.91. The monoisotopic (exact) mass is 395 g/mol. The van der Waals surface area contributed by atoms with Gasteiger partial charge in [0, 0.05) is 17.8 Å². The number of anilines is 2. The quantitative estimate of drug-likeness (QED) is 0.639. The van der Waals surface area contributed by atoms with Crippen LogP contribution in [0.5, 0.6) is 0 Å². The minimum absolute atomic E-state index is 0.0447. The molecular formula is C22H25N3O2S.